The minimum Gasteiger partial charge on any atom is -0.465 e. The molecule has 1 unspecified atom stereocenters. The molecule has 0 saturated carbocycles. The maximum Gasteiger partial charge on any atom is 0.268 e. The number of halogens is 1. The molecule has 1 aromatic heterocycles. The molecule has 0 bridgehead atoms. The molecule has 26 heavy (non-hydrogen) atoms. The lowest BCUT2D eigenvalue weighted by molar-refractivity contribution is -0.118. The Hall–Kier alpha value is -2.57. The summed E-state index contributed by atoms with van der Waals surface area (Å²) in [4.78, 5) is 25.0. The average Bonchev–Trinajstić information content (AvgIpc) is 3.33. The van der Waals surface area contributed by atoms with Crippen molar-refractivity contribution in [3.8, 4) is 0 Å². The lowest BCUT2D eigenvalue weighted by atomic mass is 10.2. The first-order valence-electron chi connectivity index (χ1n) is 8.34. The second kappa shape index (κ2) is 8.69. The summed E-state index contributed by atoms with van der Waals surface area (Å²) in [5, 5.41) is 5.96. The van der Waals surface area contributed by atoms with Gasteiger partial charge in [-0.1, -0.05) is 11.6 Å². The molecular weight excluding hydrogens is 356 g/mol. The van der Waals surface area contributed by atoms with Crippen LogP contribution in [0.4, 0.5) is 0 Å². The minimum atomic E-state index is -0.410. The van der Waals surface area contributed by atoms with Crippen LogP contribution in [0.2, 0.25) is 5.02 Å². The zero-order valence-corrected chi connectivity index (χ0v) is 14.8. The molecule has 2 amide bonds. The molecule has 2 heterocycles. The Balaban J connectivity index is 1.71. The van der Waals surface area contributed by atoms with Gasteiger partial charge in [-0.15, -0.1) is 0 Å². The summed E-state index contributed by atoms with van der Waals surface area (Å²) < 4.78 is 10.7. The van der Waals surface area contributed by atoms with Gasteiger partial charge in [0.2, 0.25) is 0 Å². The van der Waals surface area contributed by atoms with Crippen molar-refractivity contribution in [2.75, 3.05) is 13.2 Å². The Labute approximate surface area is 156 Å². The van der Waals surface area contributed by atoms with Crippen molar-refractivity contribution in [2.45, 2.75) is 18.9 Å². The van der Waals surface area contributed by atoms with Crippen LogP contribution in [0.3, 0.4) is 0 Å². The van der Waals surface area contributed by atoms with Gasteiger partial charge in [-0.05, 0) is 49.2 Å². The van der Waals surface area contributed by atoms with Crippen LogP contribution >= 0.6 is 11.6 Å². The number of carbonyl (C=O) groups is 2. The van der Waals surface area contributed by atoms with E-state index in [1.54, 1.807) is 36.4 Å². The van der Waals surface area contributed by atoms with Gasteiger partial charge in [0.15, 0.2) is 0 Å². The molecule has 1 fully saturated rings. The van der Waals surface area contributed by atoms with Gasteiger partial charge in [0.05, 0.1) is 12.4 Å². The van der Waals surface area contributed by atoms with Crippen molar-refractivity contribution < 1.29 is 18.7 Å². The van der Waals surface area contributed by atoms with Crippen LogP contribution in [0.5, 0.6) is 0 Å². The van der Waals surface area contributed by atoms with Gasteiger partial charge in [-0.2, -0.15) is 0 Å². The minimum absolute atomic E-state index is 0.00998. The maximum atomic E-state index is 12.5. The van der Waals surface area contributed by atoms with Crippen LogP contribution in [0.1, 0.15) is 29.0 Å². The van der Waals surface area contributed by atoms with E-state index in [0.717, 1.165) is 12.8 Å². The zero-order chi connectivity index (χ0) is 18.4. The summed E-state index contributed by atoms with van der Waals surface area (Å²) in [6.07, 6.45) is 4.89. The number of amides is 2. The Bertz CT molecular complexity index is 778. The molecule has 7 heteroatoms. The van der Waals surface area contributed by atoms with Crippen LogP contribution < -0.4 is 10.6 Å². The summed E-state index contributed by atoms with van der Waals surface area (Å²) in [6.45, 7) is 1.11. The third-order valence-corrected chi connectivity index (χ3v) is 4.20. The molecule has 1 saturated heterocycles. The molecule has 0 aliphatic carbocycles. The lowest BCUT2D eigenvalue weighted by Crippen LogP contribution is -2.38. The van der Waals surface area contributed by atoms with Crippen molar-refractivity contribution in [3.05, 3.63) is 64.7 Å². The van der Waals surface area contributed by atoms with Crippen LogP contribution in [0, 0.1) is 0 Å². The first-order chi connectivity index (χ1) is 12.6. The van der Waals surface area contributed by atoms with Gasteiger partial charge in [0.25, 0.3) is 11.8 Å². The largest absolute Gasteiger partial charge is 0.465 e. The van der Waals surface area contributed by atoms with Gasteiger partial charge in [0, 0.05) is 29.8 Å². The Morgan fingerprint density at radius 3 is 2.69 bits per heavy atom. The second-order valence-corrected chi connectivity index (χ2v) is 6.32. The van der Waals surface area contributed by atoms with Gasteiger partial charge in [-0.25, -0.2) is 0 Å². The molecule has 1 aromatic carbocycles. The monoisotopic (exact) mass is 374 g/mol. The summed E-state index contributed by atoms with van der Waals surface area (Å²) in [7, 11) is 0. The topological polar surface area (TPSA) is 80.6 Å². The van der Waals surface area contributed by atoms with Crippen LogP contribution in [0.15, 0.2) is 52.8 Å². The van der Waals surface area contributed by atoms with E-state index in [1.165, 1.54) is 12.3 Å². The number of ether oxygens (including phenoxy) is 1. The molecule has 1 aliphatic heterocycles. The lowest BCUT2D eigenvalue weighted by Gasteiger charge is -2.13. The predicted molar refractivity (Wildman–Crippen MR) is 97.6 cm³/mol. The number of carbonyl (C=O) groups excluding carboxylic acids is 2. The normalized spacial score (nSPS) is 17.1. The van der Waals surface area contributed by atoms with Crippen LogP contribution in [-0.2, 0) is 9.53 Å². The fourth-order valence-corrected chi connectivity index (χ4v) is 2.70. The molecule has 6 nitrogen and oxygen atoms in total. The number of benzene rings is 1. The summed E-state index contributed by atoms with van der Waals surface area (Å²) in [6, 6.07) is 9.81. The van der Waals surface area contributed by atoms with Gasteiger partial charge in [-0.3, -0.25) is 9.59 Å². The van der Waals surface area contributed by atoms with Crippen LogP contribution in [0.25, 0.3) is 6.08 Å². The fourth-order valence-electron chi connectivity index (χ4n) is 2.58. The third kappa shape index (κ3) is 4.97. The van der Waals surface area contributed by atoms with Crippen molar-refractivity contribution in [1.82, 2.24) is 10.6 Å². The maximum absolute atomic E-state index is 12.5. The zero-order valence-electron chi connectivity index (χ0n) is 14.0. The highest BCUT2D eigenvalue weighted by molar-refractivity contribution is 6.30. The van der Waals surface area contributed by atoms with E-state index in [0.29, 0.717) is 29.5 Å². The number of hydrogen-bond acceptors (Lipinski definition) is 4. The van der Waals surface area contributed by atoms with E-state index in [2.05, 4.69) is 10.6 Å². The van der Waals surface area contributed by atoms with Crippen molar-refractivity contribution in [3.63, 3.8) is 0 Å². The van der Waals surface area contributed by atoms with E-state index in [1.807, 2.05) is 0 Å². The van der Waals surface area contributed by atoms with Gasteiger partial charge in [0.1, 0.15) is 11.5 Å². The summed E-state index contributed by atoms with van der Waals surface area (Å²) in [5.41, 5.74) is 0.490. The fraction of sp³-hybridized carbons (Fsp3) is 0.263. The number of hydrogen-bond donors (Lipinski definition) is 2. The molecule has 2 aromatic rings. The highest BCUT2D eigenvalue weighted by atomic mass is 35.5. The van der Waals surface area contributed by atoms with Gasteiger partial charge < -0.3 is 19.8 Å². The summed E-state index contributed by atoms with van der Waals surface area (Å²) >= 11 is 5.84. The average molecular weight is 375 g/mol. The number of furan rings is 1. The molecule has 3 rings (SSSR count). The molecule has 1 aliphatic rings. The number of rotatable bonds is 6. The molecule has 2 N–H and O–H groups in total. The third-order valence-electron chi connectivity index (χ3n) is 3.94. The molecule has 1 atom stereocenters. The van der Waals surface area contributed by atoms with Gasteiger partial charge >= 0.3 is 0 Å². The Morgan fingerprint density at radius 2 is 2.04 bits per heavy atom. The SMILES string of the molecule is O=C(NCC1CCCO1)/C(=C\c1ccco1)NC(=O)c1ccc(Cl)cc1. The van der Waals surface area contributed by atoms with E-state index in [9.17, 15) is 9.59 Å². The summed E-state index contributed by atoms with van der Waals surface area (Å²) in [5.74, 6) is -0.352. The van der Waals surface area contributed by atoms with Crippen LogP contribution in [-0.4, -0.2) is 31.1 Å². The highest BCUT2D eigenvalue weighted by Gasteiger charge is 2.19. The first kappa shape index (κ1) is 18.2. The van der Waals surface area contributed by atoms with Crippen molar-refractivity contribution in [1.29, 1.82) is 0 Å². The van der Waals surface area contributed by atoms with Crippen molar-refractivity contribution in [2.24, 2.45) is 0 Å². The van der Waals surface area contributed by atoms with E-state index in [4.69, 9.17) is 20.8 Å². The van der Waals surface area contributed by atoms with E-state index < -0.39 is 11.8 Å². The molecule has 0 spiro atoms. The number of nitrogens with one attached hydrogen (secondary N) is 2. The Morgan fingerprint density at radius 1 is 1.23 bits per heavy atom. The first-order valence-corrected chi connectivity index (χ1v) is 8.71. The second-order valence-electron chi connectivity index (χ2n) is 5.88. The van der Waals surface area contributed by atoms with E-state index >= 15 is 0 Å². The molecule has 0 radical (unpaired) electrons. The quantitative estimate of drug-likeness (QED) is 0.762. The Kier molecular flexibility index (Phi) is 6.09. The smallest absolute Gasteiger partial charge is 0.268 e. The standard InChI is InChI=1S/C19H19ClN2O4/c20-14-7-5-13(6-8-14)18(23)22-17(11-15-3-1-9-25-15)19(24)21-12-16-4-2-10-26-16/h1,3,5-9,11,16H,2,4,10,12H2,(H,21,24)(H,22,23)/b17-11+. The van der Waals surface area contributed by atoms with E-state index in [-0.39, 0.29) is 11.8 Å². The predicted octanol–water partition coefficient (Wildman–Crippen LogP) is 3.00. The highest BCUT2D eigenvalue weighted by Crippen LogP contribution is 2.13. The molecular formula is C19H19ClN2O4. The molecule has 136 valence electrons. The van der Waals surface area contributed by atoms with Crippen molar-refractivity contribution >= 4 is 29.5 Å².